The van der Waals surface area contributed by atoms with E-state index < -0.39 is 0 Å². The minimum Gasteiger partial charge on any atom is -0.464 e. The second-order valence-corrected chi connectivity index (χ2v) is 6.36. The largest absolute Gasteiger partial charge is 0.464 e. The van der Waals surface area contributed by atoms with Crippen LogP contribution in [-0.4, -0.2) is 36.6 Å². The van der Waals surface area contributed by atoms with Gasteiger partial charge < -0.3 is 14.1 Å². The summed E-state index contributed by atoms with van der Waals surface area (Å²) < 4.78 is 11.4. The zero-order chi connectivity index (χ0) is 16.4. The van der Waals surface area contributed by atoms with Crippen LogP contribution in [0.15, 0.2) is 22.8 Å². The molecule has 0 bridgehead atoms. The molecule has 0 spiro atoms. The van der Waals surface area contributed by atoms with Crippen LogP contribution in [0.3, 0.4) is 0 Å². The SMILES string of the molecule is CCOC1CCN(C(=O)Cc2coc3c(C)c(C)ccc23)CC1. The number of hydrogen-bond acceptors (Lipinski definition) is 3. The minimum atomic E-state index is 0.181. The lowest BCUT2D eigenvalue weighted by atomic mass is 10.0. The van der Waals surface area contributed by atoms with Gasteiger partial charge in [-0.2, -0.15) is 0 Å². The van der Waals surface area contributed by atoms with Gasteiger partial charge in [0.15, 0.2) is 0 Å². The van der Waals surface area contributed by atoms with Gasteiger partial charge in [0.05, 0.1) is 18.8 Å². The summed E-state index contributed by atoms with van der Waals surface area (Å²) in [6, 6.07) is 4.15. The predicted molar refractivity (Wildman–Crippen MR) is 90.6 cm³/mol. The number of carbonyl (C=O) groups is 1. The van der Waals surface area contributed by atoms with E-state index in [0.29, 0.717) is 12.5 Å². The molecule has 0 atom stereocenters. The topological polar surface area (TPSA) is 42.7 Å². The Morgan fingerprint density at radius 1 is 1.30 bits per heavy atom. The van der Waals surface area contributed by atoms with Crippen molar-refractivity contribution in [2.75, 3.05) is 19.7 Å². The molecule has 1 aliphatic heterocycles. The summed E-state index contributed by atoms with van der Waals surface area (Å²) in [4.78, 5) is 14.5. The van der Waals surface area contributed by atoms with Gasteiger partial charge in [-0.25, -0.2) is 0 Å². The molecule has 3 rings (SSSR count). The van der Waals surface area contributed by atoms with Crippen LogP contribution in [0.2, 0.25) is 0 Å². The van der Waals surface area contributed by atoms with Crippen LogP contribution in [0, 0.1) is 13.8 Å². The highest BCUT2D eigenvalue weighted by molar-refractivity contribution is 5.89. The van der Waals surface area contributed by atoms with Gasteiger partial charge in [-0.05, 0) is 44.7 Å². The van der Waals surface area contributed by atoms with Crippen LogP contribution in [-0.2, 0) is 16.0 Å². The quantitative estimate of drug-likeness (QED) is 0.865. The monoisotopic (exact) mass is 315 g/mol. The maximum atomic E-state index is 12.6. The van der Waals surface area contributed by atoms with E-state index in [2.05, 4.69) is 26.0 Å². The molecule has 2 heterocycles. The van der Waals surface area contributed by atoms with Crippen molar-refractivity contribution in [1.29, 1.82) is 0 Å². The fourth-order valence-corrected chi connectivity index (χ4v) is 3.31. The summed E-state index contributed by atoms with van der Waals surface area (Å²) >= 11 is 0. The number of benzene rings is 1. The van der Waals surface area contributed by atoms with Crippen LogP contribution in [0.25, 0.3) is 11.0 Å². The fourth-order valence-electron chi connectivity index (χ4n) is 3.31. The highest BCUT2D eigenvalue weighted by atomic mass is 16.5. The number of nitrogens with zero attached hydrogens (tertiary/aromatic N) is 1. The van der Waals surface area contributed by atoms with Crippen molar-refractivity contribution >= 4 is 16.9 Å². The van der Waals surface area contributed by atoms with Crippen molar-refractivity contribution in [3.05, 3.63) is 35.1 Å². The highest BCUT2D eigenvalue weighted by Crippen LogP contribution is 2.27. The Morgan fingerprint density at radius 3 is 2.74 bits per heavy atom. The summed E-state index contributed by atoms with van der Waals surface area (Å²) in [5, 5.41) is 1.06. The van der Waals surface area contributed by atoms with E-state index in [4.69, 9.17) is 9.15 Å². The number of likely N-dealkylation sites (tertiary alicyclic amines) is 1. The third-order valence-corrected chi connectivity index (χ3v) is 4.88. The van der Waals surface area contributed by atoms with Gasteiger partial charge in [-0.3, -0.25) is 4.79 Å². The Labute approximate surface area is 137 Å². The molecule has 1 aromatic heterocycles. The number of fused-ring (bicyclic) bond motifs is 1. The molecular weight excluding hydrogens is 290 g/mol. The average molecular weight is 315 g/mol. The first-order valence-electron chi connectivity index (χ1n) is 8.45. The number of furan rings is 1. The van der Waals surface area contributed by atoms with E-state index in [9.17, 15) is 4.79 Å². The van der Waals surface area contributed by atoms with Crippen molar-refractivity contribution in [2.45, 2.75) is 46.1 Å². The standard InChI is InChI=1S/C19H25NO3/c1-4-22-16-7-9-20(10-8-16)18(21)11-15-12-23-19-14(3)13(2)5-6-17(15)19/h5-6,12,16H,4,7-11H2,1-3H3. The molecule has 0 unspecified atom stereocenters. The molecular formula is C19H25NO3. The maximum Gasteiger partial charge on any atom is 0.227 e. The van der Waals surface area contributed by atoms with Crippen molar-refractivity contribution in [3.8, 4) is 0 Å². The smallest absolute Gasteiger partial charge is 0.227 e. The van der Waals surface area contributed by atoms with E-state index in [-0.39, 0.29) is 5.91 Å². The minimum absolute atomic E-state index is 0.181. The summed E-state index contributed by atoms with van der Waals surface area (Å²) in [6.45, 7) is 8.48. The molecule has 1 saturated heterocycles. The van der Waals surface area contributed by atoms with Crippen molar-refractivity contribution in [3.63, 3.8) is 0 Å². The van der Waals surface area contributed by atoms with Crippen LogP contribution in [0.5, 0.6) is 0 Å². The molecule has 23 heavy (non-hydrogen) atoms. The molecule has 2 aromatic rings. The maximum absolute atomic E-state index is 12.6. The number of piperidine rings is 1. The van der Waals surface area contributed by atoms with Gasteiger partial charge in [0.25, 0.3) is 0 Å². The van der Waals surface area contributed by atoms with Gasteiger partial charge in [-0.1, -0.05) is 12.1 Å². The predicted octanol–water partition coefficient (Wildman–Crippen LogP) is 3.62. The van der Waals surface area contributed by atoms with E-state index in [1.807, 2.05) is 11.8 Å². The summed E-state index contributed by atoms with van der Waals surface area (Å²) in [5.41, 5.74) is 4.25. The van der Waals surface area contributed by atoms with Gasteiger partial charge in [0.1, 0.15) is 5.58 Å². The first-order valence-corrected chi connectivity index (χ1v) is 8.45. The molecule has 1 aromatic carbocycles. The molecule has 124 valence electrons. The van der Waals surface area contributed by atoms with Crippen LogP contribution in [0.1, 0.15) is 36.5 Å². The van der Waals surface area contributed by atoms with E-state index >= 15 is 0 Å². The zero-order valence-electron chi connectivity index (χ0n) is 14.2. The van der Waals surface area contributed by atoms with Crippen LogP contribution in [0.4, 0.5) is 0 Å². The Bertz CT molecular complexity index is 696. The molecule has 1 amide bonds. The number of hydrogen-bond donors (Lipinski definition) is 0. The van der Waals surface area contributed by atoms with Gasteiger partial charge >= 0.3 is 0 Å². The van der Waals surface area contributed by atoms with Gasteiger partial charge in [-0.15, -0.1) is 0 Å². The summed E-state index contributed by atoms with van der Waals surface area (Å²) in [6.07, 6.45) is 4.33. The lowest BCUT2D eigenvalue weighted by molar-refractivity contribution is -0.133. The van der Waals surface area contributed by atoms with Crippen LogP contribution >= 0.6 is 0 Å². The molecule has 0 aliphatic carbocycles. The lowest BCUT2D eigenvalue weighted by Gasteiger charge is -2.31. The second kappa shape index (κ2) is 6.75. The molecule has 0 radical (unpaired) electrons. The van der Waals surface area contributed by atoms with Crippen molar-refractivity contribution in [2.24, 2.45) is 0 Å². The number of aryl methyl sites for hydroxylation is 2. The number of carbonyl (C=O) groups excluding carboxylic acids is 1. The van der Waals surface area contributed by atoms with Crippen molar-refractivity contribution in [1.82, 2.24) is 4.90 Å². The molecule has 4 nitrogen and oxygen atoms in total. The molecule has 4 heteroatoms. The molecule has 0 saturated carbocycles. The number of amides is 1. The first kappa shape index (κ1) is 16.1. The molecule has 1 aliphatic rings. The fraction of sp³-hybridized carbons (Fsp3) is 0.526. The number of ether oxygens (including phenoxy) is 1. The third kappa shape index (κ3) is 3.27. The Morgan fingerprint density at radius 2 is 2.04 bits per heavy atom. The van der Waals surface area contributed by atoms with Crippen LogP contribution < -0.4 is 0 Å². The molecule has 0 N–H and O–H groups in total. The van der Waals surface area contributed by atoms with Gasteiger partial charge in [0.2, 0.25) is 5.91 Å². The van der Waals surface area contributed by atoms with Crippen molar-refractivity contribution < 1.29 is 13.9 Å². The van der Waals surface area contributed by atoms with E-state index in [0.717, 1.165) is 54.6 Å². The Kier molecular flexibility index (Phi) is 4.71. The first-order chi connectivity index (χ1) is 11.1. The second-order valence-electron chi connectivity index (χ2n) is 6.36. The third-order valence-electron chi connectivity index (χ3n) is 4.88. The lowest BCUT2D eigenvalue weighted by Crippen LogP contribution is -2.41. The Balaban J connectivity index is 1.68. The Hall–Kier alpha value is -1.81. The van der Waals surface area contributed by atoms with E-state index in [1.54, 1.807) is 6.26 Å². The summed E-state index contributed by atoms with van der Waals surface area (Å²) in [7, 11) is 0. The normalized spacial score (nSPS) is 16.2. The highest BCUT2D eigenvalue weighted by Gasteiger charge is 2.24. The zero-order valence-corrected chi connectivity index (χ0v) is 14.2. The summed E-state index contributed by atoms with van der Waals surface area (Å²) in [5.74, 6) is 0.181. The number of rotatable bonds is 4. The van der Waals surface area contributed by atoms with E-state index in [1.165, 1.54) is 5.56 Å². The molecule has 1 fully saturated rings. The van der Waals surface area contributed by atoms with Gasteiger partial charge in [0, 0.05) is 30.6 Å². The average Bonchev–Trinajstić information content (AvgIpc) is 2.95.